The van der Waals surface area contributed by atoms with Crippen molar-refractivity contribution in [2.24, 2.45) is 0 Å². The van der Waals surface area contributed by atoms with Gasteiger partial charge in [0.2, 0.25) is 5.91 Å². The zero-order chi connectivity index (χ0) is 21.6. The summed E-state index contributed by atoms with van der Waals surface area (Å²) in [6, 6.07) is 13.2. The number of rotatable bonds is 8. The Morgan fingerprint density at radius 3 is 2.67 bits per heavy atom. The molecular weight excluding hydrogens is 441 g/mol. The Morgan fingerprint density at radius 2 is 1.97 bits per heavy atom. The second-order valence-corrected chi connectivity index (χ2v) is 7.46. The number of amides is 1. The highest BCUT2D eigenvalue weighted by molar-refractivity contribution is 7.99. The average Bonchev–Trinajstić information content (AvgIpc) is 3.18. The highest BCUT2D eigenvalue weighted by Gasteiger charge is 2.28. The second-order valence-electron chi connectivity index (χ2n) is 6.08. The molecule has 1 heterocycles. The molecule has 158 valence electrons. The van der Waals surface area contributed by atoms with Gasteiger partial charge in [-0.15, -0.1) is 10.2 Å². The number of thioether (sulfide) groups is 1. The Balaban J connectivity index is 1.47. The molecule has 0 fully saturated rings. The first-order valence-corrected chi connectivity index (χ1v) is 10.0. The molecule has 0 radical (unpaired) electrons. The minimum Gasteiger partial charge on any atom is -0.484 e. The van der Waals surface area contributed by atoms with Crippen molar-refractivity contribution in [2.45, 2.75) is 17.9 Å². The van der Waals surface area contributed by atoms with Gasteiger partial charge in [-0.3, -0.25) is 9.36 Å². The molecule has 30 heavy (non-hydrogen) atoms. The van der Waals surface area contributed by atoms with Gasteiger partial charge in [0.05, 0.1) is 11.4 Å². The molecule has 1 N–H and O–H groups in total. The number of benzene rings is 2. The van der Waals surface area contributed by atoms with Gasteiger partial charge in [0.15, 0.2) is 11.8 Å². The molecule has 0 aliphatic rings. The van der Waals surface area contributed by atoms with Crippen LogP contribution in [0.1, 0.15) is 5.56 Å². The molecule has 0 bridgehead atoms. The molecule has 0 spiro atoms. The largest absolute Gasteiger partial charge is 0.484 e. The number of nitrogens with one attached hydrogen (secondary N) is 1. The van der Waals surface area contributed by atoms with Gasteiger partial charge in [0, 0.05) is 11.6 Å². The molecule has 3 rings (SSSR count). The number of hydrogen-bond acceptors (Lipinski definition) is 5. The quantitative estimate of drug-likeness (QED) is 0.513. The fourth-order valence-electron chi connectivity index (χ4n) is 2.38. The van der Waals surface area contributed by atoms with E-state index in [4.69, 9.17) is 11.6 Å². The van der Waals surface area contributed by atoms with Crippen molar-refractivity contribution in [3.05, 3.63) is 65.4 Å². The van der Waals surface area contributed by atoms with E-state index in [-0.39, 0.29) is 24.0 Å². The number of halogens is 4. The molecule has 11 heteroatoms. The van der Waals surface area contributed by atoms with E-state index >= 15 is 0 Å². The standard InChI is InChI=1S/C19H16ClF3N4O2S/c20-14-2-1-3-15(8-14)27-12-25-26-18(27)30-10-17(28)24-9-13-4-6-16(7-5-13)29-11-19(21,22)23/h1-8,12H,9-11H2,(H,24,28). The van der Waals surface area contributed by atoms with Crippen LogP contribution in [0.3, 0.4) is 0 Å². The molecule has 1 amide bonds. The summed E-state index contributed by atoms with van der Waals surface area (Å²) in [7, 11) is 0. The fraction of sp³-hybridized carbons (Fsp3) is 0.211. The van der Waals surface area contributed by atoms with Crippen LogP contribution in [0.25, 0.3) is 5.69 Å². The SMILES string of the molecule is O=C(CSc1nncn1-c1cccc(Cl)c1)NCc1ccc(OCC(F)(F)F)cc1. The van der Waals surface area contributed by atoms with Crippen molar-refractivity contribution in [3.8, 4) is 11.4 Å². The van der Waals surface area contributed by atoms with Gasteiger partial charge >= 0.3 is 6.18 Å². The van der Waals surface area contributed by atoms with E-state index in [1.807, 2.05) is 6.07 Å². The predicted octanol–water partition coefficient (Wildman–Crippen LogP) is 4.27. The molecule has 6 nitrogen and oxygen atoms in total. The van der Waals surface area contributed by atoms with Gasteiger partial charge in [-0.25, -0.2) is 0 Å². The first-order valence-electron chi connectivity index (χ1n) is 8.64. The van der Waals surface area contributed by atoms with Crippen LogP contribution in [-0.2, 0) is 11.3 Å². The number of nitrogens with zero attached hydrogens (tertiary/aromatic N) is 3. The smallest absolute Gasteiger partial charge is 0.422 e. The lowest BCUT2D eigenvalue weighted by molar-refractivity contribution is -0.153. The summed E-state index contributed by atoms with van der Waals surface area (Å²) >= 11 is 7.22. The van der Waals surface area contributed by atoms with Crippen LogP contribution in [0.4, 0.5) is 13.2 Å². The highest BCUT2D eigenvalue weighted by atomic mass is 35.5. The summed E-state index contributed by atoms with van der Waals surface area (Å²) < 4.78 is 42.8. The fourth-order valence-corrected chi connectivity index (χ4v) is 3.32. The number of alkyl halides is 3. The van der Waals surface area contributed by atoms with Crippen LogP contribution in [0.2, 0.25) is 5.02 Å². The highest BCUT2D eigenvalue weighted by Crippen LogP contribution is 2.22. The van der Waals surface area contributed by atoms with Gasteiger partial charge in [-0.2, -0.15) is 13.2 Å². The molecule has 0 unspecified atom stereocenters. The van der Waals surface area contributed by atoms with Crippen molar-refractivity contribution < 1.29 is 22.7 Å². The van der Waals surface area contributed by atoms with E-state index in [9.17, 15) is 18.0 Å². The molecule has 0 saturated carbocycles. The maximum atomic E-state index is 12.2. The summed E-state index contributed by atoms with van der Waals surface area (Å²) in [5.74, 6) is 0.00261. The van der Waals surface area contributed by atoms with Gasteiger partial charge in [0.1, 0.15) is 12.1 Å². The Hall–Kier alpha value is -2.72. The molecular formula is C19H16ClF3N4O2S. The topological polar surface area (TPSA) is 69.0 Å². The van der Waals surface area contributed by atoms with E-state index in [1.54, 1.807) is 34.9 Å². The summed E-state index contributed by atoms with van der Waals surface area (Å²) in [5, 5.41) is 11.7. The third-order valence-corrected chi connectivity index (χ3v) is 4.93. The molecule has 0 atom stereocenters. The normalized spacial score (nSPS) is 11.3. The zero-order valence-corrected chi connectivity index (χ0v) is 17.0. The van der Waals surface area contributed by atoms with E-state index in [0.29, 0.717) is 10.2 Å². The van der Waals surface area contributed by atoms with Crippen LogP contribution in [0.5, 0.6) is 5.75 Å². The van der Waals surface area contributed by atoms with Gasteiger partial charge in [-0.1, -0.05) is 41.6 Å². The number of hydrogen-bond donors (Lipinski definition) is 1. The summed E-state index contributed by atoms with van der Waals surface area (Å²) in [5.41, 5.74) is 1.51. The van der Waals surface area contributed by atoms with E-state index in [2.05, 4.69) is 20.3 Å². The molecule has 3 aromatic rings. The third kappa shape index (κ3) is 6.67. The van der Waals surface area contributed by atoms with Crippen molar-refractivity contribution in [2.75, 3.05) is 12.4 Å². The van der Waals surface area contributed by atoms with Crippen molar-refractivity contribution in [1.82, 2.24) is 20.1 Å². The van der Waals surface area contributed by atoms with E-state index < -0.39 is 12.8 Å². The lowest BCUT2D eigenvalue weighted by atomic mass is 10.2. The van der Waals surface area contributed by atoms with Gasteiger partial charge in [-0.05, 0) is 35.9 Å². The lowest BCUT2D eigenvalue weighted by Gasteiger charge is -2.10. The van der Waals surface area contributed by atoms with Gasteiger partial charge in [0.25, 0.3) is 0 Å². The lowest BCUT2D eigenvalue weighted by Crippen LogP contribution is -2.24. The van der Waals surface area contributed by atoms with Crippen LogP contribution in [0.15, 0.2) is 60.0 Å². The van der Waals surface area contributed by atoms with Crippen molar-refractivity contribution in [1.29, 1.82) is 0 Å². The number of aromatic nitrogens is 3. The minimum atomic E-state index is -4.39. The first-order chi connectivity index (χ1) is 14.3. The molecule has 2 aromatic carbocycles. The van der Waals surface area contributed by atoms with Crippen LogP contribution in [0, 0.1) is 0 Å². The zero-order valence-electron chi connectivity index (χ0n) is 15.4. The second kappa shape index (κ2) is 9.86. The molecule has 1 aromatic heterocycles. The molecule has 0 aliphatic heterocycles. The van der Waals surface area contributed by atoms with Crippen LogP contribution in [-0.4, -0.2) is 39.2 Å². The number of carbonyl (C=O) groups excluding carboxylic acids is 1. The third-order valence-electron chi connectivity index (χ3n) is 3.75. The minimum absolute atomic E-state index is 0.110. The maximum Gasteiger partial charge on any atom is 0.422 e. The predicted molar refractivity (Wildman–Crippen MR) is 107 cm³/mol. The Kier molecular flexibility index (Phi) is 7.22. The van der Waals surface area contributed by atoms with Crippen molar-refractivity contribution >= 4 is 29.3 Å². The number of carbonyl (C=O) groups is 1. The summed E-state index contributed by atoms with van der Waals surface area (Å²) in [4.78, 5) is 12.1. The van der Waals surface area contributed by atoms with Crippen molar-refractivity contribution in [3.63, 3.8) is 0 Å². The van der Waals surface area contributed by atoms with Crippen LogP contribution >= 0.6 is 23.4 Å². The first kappa shape index (κ1) is 22.0. The summed E-state index contributed by atoms with van der Waals surface area (Å²) in [6.45, 7) is -1.11. The number of ether oxygens (including phenoxy) is 1. The monoisotopic (exact) mass is 456 g/mol. The van der Waals surface area contributed by atoms with Crippen LogP contribution < -0.4 is 10.1 Å². The summed E-state index contributed by atoms with van der Waals surface area (Å²) in [6.07, 6.45) is -2.85. The average molecular weight is 457 g/mol. The Bertz CT molecular complexity index is 996. The Morgan fingerprint density at radius 1 is 1.20 bits per heavy atom. The maximum absolute atomic E-state index is 12.2. The van der Waals surface area contributed by atoms with Gasteiger partial charge < -0.3 is 10.1 Å². The molecule has 0 aliphatic carbocycles. The Labute approximate surface area is 179 Å². The van der Waals surface area contributed by atoms with E-state index in [0.717, 1.165) is 11.3 Å². The van der Waals surface area contributed by atoms with E-state index in [1.165, 1.54) is 30.2 Å². The molecule has 0 saturated heterocycles.